The van der Waals surface area contributed by atoms with Gasteiger partial charge in [0.25, 0.3) is 0 Å². The number of aliphatic carboxylic acids is 1. The molecular formula is C13H26N2O3. The van der Waals surface area contributed by atoms with E-state index < -0.39 is 5.97 Å². The number of carboxylic acids is 1. The number of carbonyl (C=O) groups is 2. The number of unbranched alkanes of at least 4 members (excludes halogenated alkanes) is 2. The highest BCUT2D eigenvalue weighted by molar-refractivity contribution is 5.81. The summed E-state index contributed by atoms with van der Waals surface area (Å²) in [5.74, 6) is -0.268. The van der Waals surface area contributed by atoms with Crippen LogP contribution in [-0.4, -0.2) is 36.1 Å². The lowest BCUT2D eigenvalue weighted by Gasteiger charge is -2.15. The largest absolute Gasteiger partial charge is 0.481 e. The zero-order valence-corrected chi connectivity index (χ0v) is 11.7. The quantitative estimate of drug-likeness (QED) is 0.517. The molecule has 0 fully saturated rings. The van der Waals surface area contributed by atoms with E-state index in [1.807, 2.05) is 6.92 Å². The average Bonchev–Trinajstić information content (AvgIpc) is 2.29. The maximum Gasteiger partial charge on any atom is 0.303 e. The number of hydrogen-bond donors (Lipinski definition) is 3. The third kappa shape index (κ3) is 10.1. The molecule has 5 heteroatoms. The first-order valence-electron chi connectivity index (χ1n) is 6.66. The molecule has 0 aliphatic carbocycles. The smallest absolute Gasteiger partial charge is 0.303 e. The Bertz CT molecular complexity index is 255. The molecule has 5 nitrogen and oxygen atoms in total. The van der Waals surface area contributed by atoms with Gasteiger partial charge in [-0.05, 0) is 32.2 Å². The number of amides is 1. The van der Waals surface area contributed by atoms with Gasteiger partial charge in [-0.25, -0.2) is 0 Å². The molecule has 3 N–H and O–H groups in total. The Morgan fingerprint density at radius 2 is 1.78 bits per heavy atom. The minimum Gasteiger partial charge on any atom is -0.481 e. The predicted octanol–water partition coefficient (Wildman–Crippen LogP) is 1.38. The molecule has 0 heterocycles. The van der Waals surface area contributed by atoms with Crippen LogP contribution in [0.5, 0.6) is 0 Å². The lowest BCUT2D eigenvalue weighted by atomic mass is 10.2. The molecule has 0 aromatic heterocycles. The van der Waals surface area contributed by atoms with Gasteiger partial charge in [0, 0.05) is 13.0 Å². The standard InChI is InChI=1S/C13H26N2O3/c1-10(2)9-15-13(18)11(3)14-8-6-4-5-7-12(16)17/h10-11,14H,4-9H2,1-3H3,(H,15,18)(H,16,17). The third-order valence-corrected chi connectivity index (χ3v) is 2.60. The minimum absolute atomic E-state index is 0.0224. The van der Waals surface area contributed by atoms with Crippen molar-refractivity contribution < 1.29 is 14.7 Å². The Kier molecular flexibility index (Phi) is 9.28. The van der Waals surface area contributed by atoms with E-state index in [1.165, 1.54) is 0 Å². The fourth-order valence-electron chi connectivity index (χ4n) is 1.45. The first-order chi connectivity index (χ1) is 8.43. The van der Waals surface area contributed by atoms with E-state index in [-0.39, 0.29) is 18.4 Å². The Balaban J connectivity index is 3.48. The Morgan fingerprint density at radius 3 is 2.33 bits per heavy atom. The van der Waals surface area contributed by atoms with Crippen LogP contribution in [0.2, 0.25) is 0 Å². The molecule has 1 unspecified atom stereocenters. The van der Waals surface area contributed by atoms with E-state index in [9.17, 15) is 9.59 Å². The van der Waals surface area contributed by atoms with Crippen molar-refractivity contribution in [2.45, 2.75) is 52.5 Å². The van der Waals surface area contributed by atoms with Crippen LogP contribution in [0.15, 0.2) is 0 Å². The first-order valence-corrected chi connectivity index (χ1v) is 6.66. The van der Waals surface area contributed by atoms with Crippen LogP contribution in [0.4, 0.5) is 0 Å². The van der Waals surface area contributed by atoms with E-state index in [0.29, 0.717) is 18.9 Å². The van der Waals surface area contributed by atoms with Crippen molar-refractivity contribution in [3.8, 4) is 0 Å². The summed E-state index contributed by atoms with van der Waals surface area (Å²) < 4.78 is 0. The lowest BCUT2D eigenvalue weighted by molar-refractivity contribution is -0.137. The number of nitrogens with one attached hydrogen (secondary N) is 2. The van der Waals surface area contributed by atoms with Gasteiger partial charge >= 0.3 is 5.97 Å². The van der Waals surface area contributed by atoms with Gasteiger partial charge in [-0.1, -0.05) is 20.3 Å². The van der Waals surface area contributed by atoms with Crippen LogP contribution in [0.25, 0.3) is 0 Å². The highest BCUT2D eigenvalue weighted by Crippen LogP contribution is 1.99. The monoisotopic (exact) mass is 258 g/mol. The summed E-state index contributed by atoms with van der Waals surface area (Å²) in [5, 5.41) is 14.5. The molecule has 0 rings (SSSR count). The average molecular weight is 258 g/mol. The highest BCUT2D eigenvalue weighted by atomic mass is 16.4. The molecule has 106 valence electrons. The summed E-state index contributed by atoms with van der Waals surface area (Å²) in [6.45, 7) is 7.40. The van der Waals surface area contributed by atoms with Crippen LogP contribution in [-0.2, 0) is 9.59 Å². The SMILES string of the molecule is CC(C)CNC(=O)C(C)NCCCCCC(=O)O. The van der Waals surface area contributed by atoms with Gasteiger partial charge in [0.15, 0.2) is 0 Å². The number of rotatable bonds is 10. The maximum absolute atomic E-state index is 11.6. The Labute approximate surface area is 109 Å². The Morgan fingerprint density at radius 1 is 1.11 bits per heavy atom. The molecule has 0 aliphatic rings. The van der Waals surface area contributed by atoms with Crippen molar-refractivity contribution in [3.05, 3.63) is 0 Å². The highest BCUT2D eigenvalue weighted by Gasteiger charge is 2.11. The fraction of sp³-hybridized carbons (Fsp3) is 0.846. The number of hydrogen-bond acceptors (Lipinski definition) is 3. The summed E-state index contributed by atoms with van der Waals surface area (Å²) in [6, 6.07) is -0.191. The van der Waals surface area contributed by atoms with Gasteiger partial charge in [-0.3, -0.25) is 9.59 Å². The summed E-state index contributed by atoms with van der Waals surface area (Å²) in [7, 11) is 0. The molecule has 0 aromatic rings. The number of carboxylic acid groups (broad SMARTS) is 1. The van der Waals surface area contributed by atoms with Crippen molar-refractivity contribution in [1.82, 2.24) is 10.6 Å². The van der Waals surface area contributed by atoms with Crippen LogP contribution in [0.1, 0.15) is 46.5 Å². The van der Waals surface area contributed by atoms with Crippen molar-refractivity contribution in [2.24, 2.45) is 5.92 Å². The maximum atomic E-state index is 11.6. The molecule has 0 bridgehead atoms. The molecule has 0 aromatic carbocycles. The summed E-state index contributed by atoms with van der Waals surface area (Å²) in [6.07, 6.45) is 2.70. The van der Waals surface area contributed by atoms with Crippen LogP contribution < -0.4 is 10.6 Å². The summed E-state index contributed by atoms with van der Waals surface area (Å²) in [5.41, 5.74) is 0. The normalized spacial score (nSPS) is 12.4. The molecule has 0 spiro atoms. The second kappa shape index (κ2) is 9.88. The van der Waals surface area contributed by atoms with E-state index in [1.54, 1.807) is 0 Å². The third-order valence-electron chi connectivity index (χ3n) is 2.60. The van der Waals surface area contributed by atoms with Crippen LogP contribution >= 0.6 is 0 Å². The fourth-order valence-corrected chi connectivity index (χ4v) is 1.45. The molecule has 0 radical (unpaired) electrons. The van der Waals surface area contributed by atoms with Gasteiger partial charge in [0.2, 0.25) is 5.91 Å². The minimum atomic E-state index is -0.746. The van der Waals surface area contributed by atoms with Crippen molar-refractivity contribution in [3.63, 3.8) is 0 Å². The second-order valence-electron chi connectivity index (χ2n) is 5.02. The van der Waals surface area contributed by atoms with Crippen LogP contribution in [0.3, 0.4) is 0 Å². The van der Waals surface area contributed by atoms with E-state index in [0.717, 1.165) is 19.4 Å². The van der Waals surface area contributed by atoms with Crippen LogP contribution in [0, 0.1) is 5.92 Å². The van der Waals surface area contributed by atoms with Gasteiger partial charge in [-0.2, -0.15) is 0 Å². The second-order valence-corrected chi connectivity index (χ2v) is 5.02. The van der Waals surface area contributed by atoms with Gasteiger partial charge in [0.1, 0.15) is 0 Å². The van der Waals surface area contributed by atoms with Gasteiger partial charge in [0.05, 0.1) is 6.04 Å². The molecule has 1 atom stereocenters. The molecular weight excluding hydrogens is 232 g/mol. The predicted molar refractivity (Wildman–Crippen MR) is 71.4 cm³/mol. The van der Waals surface area contributed by atoms with Crippen molar-refractivity contribution >= 4 is 11.9 Å². The summed E-state index contributed by atoms with van der Waals surface area (Å²) >= 11 is 0. The van der Waals surface area contributed by atoms with E-state index in [4.69, 9.17) is 5.11 Å². The molecule has 1 amide bonds. The van der Waals surface area contributed by atoms with Gasteiger partial charge in [-0.15, -0.1) is 0 Å². The number of carbonyl (C=O) groups excluding carboxylic acids is 1. The zero-order valence-electron chi connectivity index (χ0n) is 11.7. The lowest BCUT2D eigenvalue weighted by Crippen LogP contribution is -2.43. The molecule has 0 saturated carbocycles. The van der Waals surface area contributed by atoms with E-state index >= 15 is 0 Å². The van der Waals surface area contributed by atoms with Crippen molar-refractivity contribution in [2.75, 3.05) is 13.1 Å². The zero-order chi connectivity index (χ0) is 14.0. The van der Waals surface area contributed by atoms with Crippen molar-refractivity contribution in [1.29, 1.82) is 0 Å². The molecule has 18 heavy (non-hydrogen) atoms. The van der Waals surface area contributed by atoms with Gasteiger partial charge < -0.3 is 15.7 Å². The molecule has 0 aliphatic heterocycles. The molecule has 0 saturated heterocycles. The summed E-state index contributed by atoms with van der Waals surface area (Å²) in [4.78, 5) is 21.9. The first kappa shape index (κ1) is 16.9. The van der Waals surface area contributed by atoms with E-state index in [2.05, 4.69) is 24.5 Å². The topological polar surface area (TPSA) is 78.4 Å². The Hall–Kier alpha value is -1.10.